The number of ether oxygens (including phenoxy) is 1. The van der Waals surface area contributed by atoms with Crippen molar-refractivity contribution in [3.63, 3.8) is 0 Å². The van der Waals surface area contributed by atoms with Crippen LogP contribution in [0.25, 0.3) is 0 Å². The van der Waals surface area contributed by atoms with Crippen molar-refractivity contribution in [2.24, 2.45) is 17.8 Å². The zero-order valence-corrected chi connectivity index (χ0v) is 22.6. The van der Waals surface area contributed by atoms with Crippen LogP contribution in [0.1, 0.15) is 59.4 Å². The van der Waals surface area contributed by atoms with E-state index < -0.39 is 44.4 Å². The van der Waals surface area contributed by atoms with Crippen LogP contribution < -0.4 is 10.6 Å². The largest absolute Gasteiger partial charge is 0.444 e. The summed E-state index contributed by atoms with van der Waals surface area (Å²) in [5.41, 5.74) is -1.69. The second-order valence-electron chi connectivity index (χ2n) is 11.2. The number of benzene rings is 1. The first kappa shape index (κ1) is 29.2. The Morgan fingerprint density at radius 1 is 1.14 bits per heavy atom. The predicted octanol–water partition coefficient (Wildman–Crippen LogP) is 4.16. The maximum atomic E-state index is 13.1. The molecule has 3 rings (SSSR count). The Labute approximate surface area is 216 Å². The number of fused-ring (bicyclic) bond motifs is 1. The van der Waals surface area contributed by atoms with Gasteiger partial charge in [-0.3, -0.25) is 4.79 Å². The van der Waals surface area contributed by atoms with Crippen molar-refractivity contribution in [1.29, 1.82) is 0 Å². The van der Waals surface area contributed by atoms with Crippen LogP contribution in [0.5, 0.6) is 0 Å². The number of hydrogen-bond acceptors (Lipinski definition) is 5. The normalized spacial score (nSPS) is 23.5. The molecule has 1 heterocycles. The van der Waals surface area contributed by atoms with E-state index >= 15 is 0 Å². The third-order valence-electron chi connectivity index (χ3n) is 6.88. The molecule has 2 N–H and O–H groups in total. The van der Waals surface area contributed by atoms with E-state index in [1.54, 1.807) is 20.8 Å². The predicted molar refractivity (Wildman–Crippen MR) is 131 cm³/mol. The molecule has 2 fully saturated rings. The van der Waals surface area contributed by atoms with Crippen molar-refractivity contribution in [3.05, 3.63) is 29.8 Å². The zero-order valence-electron chi connectivity index (χ0n) is 21.8. The van der Waals surface area contributed by atoms with Gasteiger partial charge in [0.05, 0.1) is 10.5 Å². The Morgan fingerprint density at radius 3 is 2.41 bits per heavy atom. The van der Waals surface area contributed by atoms with Gasteiger partial charge < -0.3 is 15.4 Å². The lowest BCUT2D eigenvalue weighted by Crippen LogP contribution is -2.46. The van der Waals surface area contributed by atoms with Crippen molar-refractivity contribution in [3.8, 4) is 0 Å². The number of nitrogens with zero attached hydrogens (tertiary/aromatic N) is 1. The Bertz CT molecular complexity index is 1100. The molecule has 0 radical (unpaired) electrons. The summed E-state index contributed by atoms with van der Waals surface area (Å²) in [5, 5.41) is 5.74. The Hall–Kier alpha value is -2.34. The minimum atomic E-state index is -4.64. The quantitative estimate of drug-likeness (QED) is 0.534. The van der Waals surface area contributed by atoms with Crippen LogP contribution in [0.4, 0.5) is 18.0 Å². The molecule has 4 atom stereocenters. The number of halogens is 3. The summed E-state index contributed by atoms with van der Waals surface area (Å²) in [4.78, 5) is 24.6. The van der Waals surface area contributed by atoms with Crippen LogP contribution in [0.2, 0.25) is 0 Å². The van der Waals surface area contributed by atoms with Crippen molar-refractivity contribution < 1.29 is 35.9 Å². The standard InChI is InChI=1S/C25H36F3N3O5S/c1-15(2)21(30-23(33)36-24(3,4)5)12-22(32)29-20-10-9-16-13-31(14-19(16)20)37(34,35)18-8-6-7-17(11-18)25(26,27)28/h6-8,11,15-16,19-21H,9-10,12-14H2,1-5H3,(H,29,32)(H,30,33)/t16-,19+,20+,21+/m0/s1. The molecule has 1 saturated heterocycles. The van der Waals surface area contributed by atoms with E-state index in [9.17, 15) is 31.2 Å². The molecule has 2 amide bonds. The van der Waals surface area contributed by atoms with Crippen molar-refractivity contribution in [2.45, 2.75) is 82.6 Å². The van der Waals surface area contributed by atoms with Crippen LogP contribution in [-0.2, 0) is 25.7 Å². The molecule has 1 aromatic rings. The first-order valence-corrected chi connectivity index (χ1v) is 13.9. The topological polar surface area (TPSA) is 105 Å². The van der Waals surface area contributed by atoms with Crippen LogP contribution in [-0.4, -0.2) is 55.5 Å². The van der Waals surface area contributed by atoms with Crippen LogP contribution in [0, 0.1) is 17.8 Å². The van der Waals surface area contributed by atoms with Gasteiger partial charge in [0.2, 0.25) is 15.9 Å². The van der Waals surface area contributed by atoms with Gasteiger partial charge in [-0.05, 0) is 69.6 Å². The monoisotopic (exact) mass is 547 g/mol. The van der Waals surface area contributed by atoms with Crippen molar-refractivity contribution >= 4 is 22.0 Å². The fourth-order valence-corrected chi connectivity index (χ4v) is 6.54. The molecule has 1 saturated carbocycles. The first-order valence-electron chi connectivity index (χ1n) is 12.4. The molecular formula is C25H36F3N3O5S. The van der Waals surface area contributed by atoms with Gasteiger partial charge in [0.15, 0.2) is 0 Å². The fraction of sp³-hybridized carbons (Fsp3) is 0.680. The van der Waals surface area contributed by atoms with E-state index in [4.69, 9.17) is 4.74 Å². The zero-order chi connectivity index (χ0) is 27.8. The number of carbonyl (C=O) groups is 2. The van der Waals surface area contributed by atoms with Crippen LogP contribution in [0.15, 0.2) is 29.2 Å². The smallest absolute Gasteiger partial charge is 0.416 e. The summed E-state index contributed by atoms with van der Waals surface area (Å²) in [6, 6.07) is 3.05. The lowest BCUT2D eigenvalue weighted by atomic mass is 9.97. The van der Waals surface area contributed by atoms with E-state index in [1.807, 2.05) is 13.8 Å². The summed E-state index contributed by atoms with van der Waals surface area (Å²) in [6.07, 6.45) is -3.82. The van der Waals surface area contributed by atoms with Crippen molar-refractivity contribution in [2.75, 3.05) is 13.1 Å². The molecule has 8 nitrogen and oxygen atoms in total. The first-order chi connectivity index (χ1) is 17.0. The Balaban J connectivity index is 1.63. The molecule has 208 valence electrons. The highest BCUT2D eigenvalue weighted by Crippen LogP contribution is 2.41. The highest BCUT2D eigenvalue weighted by Gasteiger charge is 2.47. The molecule has 12 heteroatoms. The minimum absolute atomic E-state index is 0.00616. The Kier molecular flexibility index (Phi) is 8.53. The van der Waals surface area contributed by atoms with E-state index in [0.29, 0.717) is 18.9 Å². The second-order valence-corrected chi connectivity index (χ2v) is 13.2. The molecule has 37 heavy (non-hydrogen) atoms. The molecule has 1 aliphatic heterocycles. The number of sulfonamides is 1. The molecule has 0 bridgehead atoms. The van der Waals surface area contributed by atoms with Gasteiger partial charge in [0.1, 0.15) is 5.60 Å². The van der Waals surface area contributed by atoms with E-state index in [1.165, 1.54) is 10.4 Å². The third kappa shape index (κ3) is 7.37. The number of alkyl halides is 3. The van der Waals surface area contributed by atoms with Crippen LogP contribution >= 0.6 is 0 Å². The van der Waals surface area contributed by atoms with Crippen LogP contribution in [0.3, 0.4) is 0 Å². The number of alkyl carbamates (subject to hydrolysis) is 1. The highest BCUT2D eigenvalue weighted by molar-refractivity contribution is 7.89. The highest BCUT2D eigenvalue weighted by atomic mass is 32.2. The molecule has 1 aromatic carbocycles. The minimum Gasteiger partial charge on any atom is -0.444 e. The SMILES string of the molecule is CC(C)[C@@H](CC(=O)N[C@@H]1CC[C@H]2CN(S(=O)(=O)c3cccc(C(F)(F)F)c3)C[C@H]21)NC(=O)OC(C)(C)C. The second kappa shape index (κ2) is 10.8. The molecule has 0 aromatic heterocycles. The molecule has 2 aliphatic rings. The average Bonchev–Trinajstić information content (AvgIpc) is 3.34. The number of hydrogen-bond donors (Lipinski definition) is 2. The summed E-state index contributed by atoms with van der Waals surface area (Å²) >= 11 is 0. The number of nitrogens with one attached hydrogen (secondary N) is 2. The average molecular weight is 548 g/mol. The lowest BCUT2D eigenvalue weighted by molar-refractivity contribution is -0.137. The van der Waals surface area contributed by atoms with Gasteiger partial charge in [0, 0.05) is 31.6 Å². The van der Waals surface area contributed by atoms with Gasteiger partial charge >= 0.3 is 12.3 Å². The lowest BCUT2D eigenvalue weighted by Gasteiger charge is -2.27. The van der Waals surface area contributed by atoms with Gasteiger partial charge in [-0.25, -0.2) is 13.2 Å². The van der Waals surface area contributed by atoms with Crippen molar-refractivity contribution in [1.82, 2.24) is 14.9 Å². The molecular weight excluding hydrogens is 511 g/mol. The van der Waals surface area contributed by atoms with E-state index in [-0.39, 0.29) is 49.2 Å². The van der Waals surface area contributed by atoms with Gasteiger partial charge in [-0.2, -0.15) is 17.5 Å². The van der Waals surface area contributed by atoms with Gasteiger partial charge in [-0.1, -0.05) is 19.9 Å². The number of rotatable bonds is 7. The number of amides is 2. The van der Waals surface area contributed by atoms with E-state index in [2.05, 4.69) is 10.6 Å². The molecule has 0 spiro atoms. The van der Waals surface area contributed by atoms with E-state index in [0.717, 1.165) is 12.1 Å². The molecule has 1 aliphatic carbocycles. The Morgan fingerprint density at radius 2 is 1.81 bits per heavy atom. The van der Waals surface area contributed by atoms with Gasteiger partial charge in [-0.15, -0.1) is 0 Å². The van der Waals surface area contributed by atoms with Gasteiger partial charge in [0.25, 0.3) is 0 Å². The maximum absolute atomic E-state index is 13.1. The third-order valence-corrected chi connectivity index (χ3v) is 8.71. The molecule has 0 unspecified atom stereocenters. The summed E-state index contributed by atoms with van der Waals surface area (Å²) in [7, 11) is -4.11. The summed E-state index contributed by atoms with van der Waals surface area (Å²) in [5.74, 6) is -0.429. The number of carbonyl (C=O) groups excluding carboxylic acids is 2. The summed E-state index contributed by atoms with van der Waals surface area (Å²) in [6.45, 7) is 9.33. The maximum Gasteiger partial charge on any atom is 0.416 e. The summed E-state index contributed by atoms with van der Waals surface area (Å²) < 4.78 is 72.0. The fourth-order valence-electron chi connectivity index (χ4n) is 4.96.